The van der Waals surface area contributed by atoms with Gasteiger partial charge in [-0.3, -0.25) is 0 Å². The molecule has 0 radical (unpaired) electrons. The number of hydrogen-bond donors (Lipinski definition) is 1. The van der Waals surface area contributed by atoms with Crippen LogP contribution in [-0.2, 0) is 6.54 Å². The molecule has 1 aliphatic rings. The third-order valence-corrected chi connectivity index (χ3v) is 4.80. The second-order valence-electron chi connectivity index (χ2n) is 4.46. The third kappa shape index (κ3) is 2.43. The molecule has 1 aromatic carbocycles. The SMILES string of the molecule is CC1SCCN(c2c(F)cccc2CN)C1C. The number of nitrogens with two attached hydrogens (primary N) is 1. The van der Waals surface area contributed by atoms with Gasteiger partial charge >= 0.3 is 0 Å². The first kappa shape index (κ1) is 12.7. The van der Waals surface area contributed by atoms with Gasteiger partial charge in [0.15, 0.2) is 0 Å². The highest BCUT2D eigenvalue weighted by Gasteiger charge is 2.28. The minimum Gasteiger partial charge on any atom is -0.364 e. The Morgan fingerprint density at radius 3 is 2.94 bits per heavy atom. The Labute approximate surface area is 106 Å². The molecule has 0 saturated carbocycles. The molecule has 0 aliphatic carbocycles. The topological polar surface area (TPSA) is 29.3 Å². The minimum absolute atomic E-state index is 0.154. The molecule has 0 bridgehead atoms. The van der Waals surface area contributed by atoms with Crippen molar-refractivity contribution in [3.8, 4) is 0 Å². The van der Waals surface area contributed by atoms with Crippen molar-refractivity contribution in [2.75, 3.05) is 17.2 Å². The summed E-state index contributed by atoms with van der Waals surface area (Å²) in [6.45, 7) is 5.63. The van der Waals surface area contributed by atoms with Crippen LogP contribution in [0.4, 0.5) is 10.1 Å². The fourth-order valence-corrected chi connectivity index (χ4v) is 3.39. The average Bonchev–Trinajstić information content (AvgIpc) is 2.33. The number of rotatable bonds is 2. The molecule has 1 saturated heterocycles. The zero-order chi connectivity index (χ0) is 12.4. The van der Waals surface area contributed by atoms with Crippen LogP contribution in [0.25, 0.3) is 0 Å². The Balaban J connectivity index is 2.38. The number of halogens is 1. The van der Waals surface area contributed by atoms with E-state index in [1.54, 1.807) is 6.07 Å². The lowest BCUT2D eigenvalue weighted by atomic mass is 10.1. The number of para-hydroxylation sites is 1. The standard InChI is InChI=1S/C13H19FN2S/c1-9-10(2)17-7-6-16(9)13-11(8-15)4-3-5-12(13)14/h3-5,9-10H,6-8,15H2,1-2H3. The first-order valence-electron chi connectivity index (χ1n) is 6.01. The summed E-state index contributed by atoms with van der Waals surface area (Å²) in [4.78, 5) is 2.17. The summed E-state index contributed by atoms with van der Waals surface area (Å²) in [5.41, 5.74) is 7.31. The van der Waals surface area contributed by atoms with Crippen molar-refractivity contribution in [1.82, 2.24) is 0 Å². The molecule has 0 spiro atoms. The van der Waals surface area contributed by atoms with E-state index in [1.165, 1.54) is 6.07 Å². The van der Waals surface area contributed by atoms with Gasteiger partial charge in [0.25, 0.3) is 0 Å². The maximum Gasteiger partial charge on any atom is 0.146 e. The predicted molar refractivity (Wildman–Crippen MR) is 73.0 cm³/mol. The highest BCUT2D eigenvalue weighted by Crippen LogP contribution is 2.32. The first-order valence-corrected chi connectivity index (χ1v) is 7.05. The molecule has 2 unspecified atom stereocenters. The summed E-state index contributed by atoms with van der Waals surface area (Å²) >= 11 is 1.95. The van der Waals surface area contributed by atoms with Crippen molar-refractivity contribution < 1.29 is 4.39 Å². The van der Waals surface area contributed by atoms with Crippen LogP contribution in [0.2, 0.25) is 0 Å². The second-order valence-corrected chi connectivity index (χ2v) is 5.95. The molecule has 2 nitrogen and oxygen atoms in total. The lowest BCUT2D eigenvalue weighted by molar-refractivity contribution is 0.578. The van der Waals surface area contributed by atoms with Crippen LogP contribution in [0.5, 0.6) is 0 Å². The Morgan fingerprint density at radius 1 is 1.47 bits per heavy atom. The van der Waals surface area contributed by atoms with Gasteiger partial charge in [0.1, 0.15) is 5.82 Å². The van der Waals surface area contributed by atoms with Crippen LogP contribution in [0, 0.1) is 5.82 Å². The van der Waals surface area contributed by atoms with E-state index in [4.69, 9.17) is 5.73 Å². The largest absolute Gasteiger partial charge is 0.364 e. The average molecular weight is 254 g/mol. The summed E-state index contributed by atoms with van der Waals surface area (Å²) in [5.74, 6) is 0.892. The van der Waals surface area contributed by atoms with Gasteiger partial charge in [-0.15, -0.1) is 0 Å². The van der Waals surface area contributed by atoms with Crippen molar-refractivity contribution >= 4 is 17.4 Å². The highest BCUT2D eigenvalue weighted by molar-refractivity contribution is 8.00. The first-order chi connectivity index (χ1) is 8.15. The third-order valence-electron chi connectivity index (χ3n) is 3.46. The Kier molecular flexibility index (Phi) is 3.94. The zero-order valence-electron chi connectivity index (χ0n) is 10.3. The number of nitrogens with zero attached hydrogens (tertiary/aromatic N) is 1. The van der Waals surface area contributed by atoms with Gasteiger partial charge in [0.05, 0.1) is 5.69 Å². The molecule has 17 heavy (non-hydrogen) atoms. The minimum atomic E-state index is -0.154. The fraction of sp³-hybridized carbons (Fsp3) is 0.538. The van der Waals surface area contributed by atoms with Gasteiger partial charge < -0.3 is 10.6 Å². The molecular formula is C13H19FN2S. The summed E-state index contributed by atoms with van der Waals surface area (Å²) in [5, 5.41) is 0.522. The molecule has 1 aromatic rings. The Hall–Kier alpha value is -0.740. The van der Waals surface area contributed by atoms with E-state index in [-0.39, 0.29) is 5.82 Å². The maximum absolute atomic E-state index is 14.0. The van der Waals surface area contributed by atoms with E-state index in [2.05, 4.69) is 18.7 Å². The molecule has 1 fully saturated rings. The van der Waals surface area contributed by atoms with Crippen molar-refractivity contribution in [1.29, 1.82) is 0 Å². The maximum atomic E-state index is 14.0. The molecule has 2 rings (SSSR count). The normalized spacial score (nSPS) is 25.1. The summed E-state index contributed by atoms with van der Waals surface area (Å²) in [7, 11) is 0. The van der Waals surface area contributed by atoms with Crippen molar-refractivity contribution in [2.24, 2.45) is 5.73 Å². The number of anilines is 1. The van der Waals surface area contributed by atoms with Gasteiger partial charge in [-0.2, -0.15) is 11.8 Å². The zero-order valence-corrected chi connectivity index (χ0v) is 11.1. The molecule has 1 aliphatic heterocycles. The molecule has 2 atom stereocenters. The predicted octanol–water partition coefficient (Wildman–Crippen LogP) is 2.61. The van der Waals surface area contributed by atoms with Gasteiger partial charge in [-0.1, -0.05) is 19.1 Å². The van der Waals surface area contributed by atoms with E-state index in [9.17, 15) is 4.39 Å². The second kappa shape index (κ2) is 5.27. The number of hydrogen-bond acceptors (Lipinski definition) is 3. The van der Waals surface area contributed by atoms with E-state index < -0.39 is 0 Å². The molecule has 2 N–H and O–H groups in total. The van der Waals surface area contributed by atoms with Crippen LogP contribution < -0.4 is 10.6 Å². The molecular weight excluding hydrogens is 235 g/mol. The van der Waals surface area contributed by atoms with Gasteiger partial charge in [0.2, 0.25) is 0 Å². The smallest absolute Gasteiger partial charge is 0.146 e. The van der Waals surface area contributed by atoms with E-state index in [0.29, 0.717) is 23.5 Å². The van der Waals surface area contributed by atoms with E-state index >= 15 is 0 Å². The quantitative estimate of drug-likeness (QED) is 0.879. The summed E-state index contributed by atoms with van der Waals surface area (Å²) in [6, 6.07) is 5.51. The van der Waals surface area contributed by atoms with Gasteiger partial charge in [-0.05, 0) is 18.6 Å². The van der Waals surface area contributed by atoms with Crippen LogP contribution in [0.15, 0.2) is 18.2 Å². The van der Waals surface area contributed by atoms with Crippen LogP contribution >= 0.6 is 11.8 Å². The van der Waals surface area contributed by atoms with Gasteiger partial charge in [0, 0.05) is 30.1 Å². The lowest BCUT2D eigenvalue weighted by Gasteiger charge is -2.40. The number of benzene rings is 1. The van der Waals surface area contributed by atoms with Crippen molar-refractivity contribution in [3.63, 3.8) is 0 Å². The van der Waals surface area contributed by atoms with Crippen LogP contribution in [-0.4, -0.2) is 23.6 Å². The number of thioether (sulfide) groups is 1. The van der Waals surface area contributed by atoms with Crippen molar-refractivity contribution in [3.05, 3.63) is 29.6 Å². The van der Waals surface area contributed by atoms with E-state index in [1.807, 2.05) is 17.8 Å². The molecule has 1 heterocycles. The van der Waals surface area contributed by atoms with Crippen molar-refractivity contribution in [2.45, 2.75) is 31.7 Å². The lowest BCUT2D eigenvalue weighted by Crippen LogP contribution is -2.45. The highest BCUT2D eigenvalue weighted by atomic mass is 32.2. The van der Waals surface area contributed by atoms with E-state index in [0.717, 1.165) is 17.9 Å². The van der Waals surface area contributed by atoms with Crippen LogP contribution in [0.1, 0.15) is 19.4 Å². The Bertz CT molecular complexity index is 397. The van der Waals surface area contributed by atoms with Gasteiger partial charge in [-0.25, -0.2) is 4.39 Å². The molecule has 0 aromatic heterocycles. The summed E-state index contributed by atoms with van der Waals surface area (Å²) in [6.07, 6.45) is 0. The van der Waals surface area contributed by atoms with Crippen LogP contribution in [0.3, 0.4) is 0 Å². The fourth-order valence-electron chi connectivity index (χ4n) is 2.30. The molecule has 4 heteroatoms. The monoisotopic (exact) mass is 254 g/mol. The summed E-state index contributed by atoms with van der Waals surface area (Å²) < 4.78 is 14.0. The Morgan fingerprint density at radius 2 is 2.24 bits per heavy atom. The molecule has 0 amide bonds. The molecule has 94 valence electrons.